The highest BCUT2D eigenvalue weighted by atomic mass is 79.9. The van der Waals surface area contributed by atoms with Gasteiger partial charge in [0, 0.05) is 23.2 Å². The molecule has 1 atom stereocenters. The Morgan fingerprint density at radius 2 is 1.73 bits per heavy atom. The number of benzene rings is 3. The van der Waals surface area contributed by atoms with Crippen LogP contribution >= 0.6 is 15.9 Å². The molecule has 1 amide bonds. The van der Waals surface area contributed by atoms with Gasteiger partial charge in [0.1, 0.15) is 11.2 Å². The number of anilines is 1. The van der Waals surface area contributed by atoms with Gasteiger partial charge in [-0.25, -0.2) is 27.4 Å². The number of carboxylic acids is 1. The largest absolute Gasteiger partial charge is 0.478 e. The molecular weight excluding hydrogens is 614 g/mol. The van der Waals surface area contributed by atoms with Gasteiger partial charge in [-0.3, -0.25) is 9.10 Å². The van der Waals surface area contributed by atoms with Gasteiger partial charge in [0.15, 0.2) is 17.5 Å². The summed E-state index contributed by atoms with van der Waals surface area (Å²) in [5, 5.41) is 21.1. The maximum atomic E-state index is 14.1. The Kier molecular flexibility index (Phi) is 6.43. The standard InChI is InChI=1S/C27H20BrN7O5S/c1-33-25(30-19-9-5-6-10-22(19)41(33,39)40)24(26(36)31-21-13-17(27(37)38)11-12-18(21)28)35-23-14-20(32-34(23)15-29-35)16-7-3-2-4-8-16/h2-15,24H,1H3,(H,31,36)(H,37,38). The van der Waals surface area contributed by atoms with Crippen molar-refractivity contribution in [3.05, 3.63) is 95.2 Å². The fourth-order valence-electron chi connectivity index (χ4n) is 4.51. The Labute approximate surface area is 241 Å². The number of nitrogens with one attached hydrogen (secondary N) is 1. The number of halogens is 1. The zero-order chi connectivity index (χ0) is 28.9. The molecule has 2 aromatic heterocycles. The van der Waals surface area contributed by atoms with Gasteiger partial charge >= 0.3 is 5.97 Å². The number of aliphatic imine (C=N–C) groups is 1. The SMILES string of the molecule is CN1C(C(C(=O)Nc2cc(C(=O)O)ccc2Br)n2ncn3nc(-c4ccccc4)cc23)=Nc2ccccc2S1(=O)=O. The van der Waals surface area contributed by atoms with Crippen molar-refractivity contribution in [2.45, 2.75) is 10.9 Å². The summed E-state index contributed by atoms with van der Waals surface area (Å²) in [5.41, 5.74) is 2.15. The Bertz CT molecular complexity index is 1990. The molecule has 1 aliphatic heterocycles. The van der Waals surface area contributed by atoms with Gasteiger partial charge in [-0.05, 0) is 46.3 Å². The van der Waals surface area contributed by atoms with E-state index < -0.39 is 27.9 Å². The fourth-order valence-corrected chi connectivity index (χ4v) is 6.17. The molecule has 0 bridgehead atoms. The first-order valence-corrected chi connectivity index (χ1v) is 14.4. The van der Waals surface area contributed by atoms with Crippen LogP contribution in [-0.4, -0.2) is 62.0 Å². The highest BCUT2D eigenvalue weighted by molar-refractivity contribution is 9.10. The van der Waals surface area contributed by atoms with Gasteiger partial charge in [-0.1, -0.05) is 42.5 Å². The lowest BCUT2D eigenvalue weighted by molar-refractivity contribution is -0.117. The molecule has 2 N–H and O–H groups in total. The zero-order valence-electron chi connectivity index (χ0n) is 21.2. The third kappa shape index (κ3) is 4.56. The molecule has 0 fully saturated rings. The van der Waals surface area contributed by atoms with Gasteiger partial charge in [0.05, 0.1) is 22.6 Å². The summed E-state index contributed by atoms with van der Waals surface area (Å²) in [6, 6.07) is 20.2. The van der Waals surface area contributed by atoms with Crippen LogP contribution in [0.3, 0.4) is 0 Å². The first kappa shape index (κ1) is 26.4. The van der Waals surface area contributed by atoms with Gasteiger partial charge in [0.25, 0.3) is 15.9 Å². The quantitative estimate of drug-likeness (QED) is 0.284. The van der Waals surface area contributed by atoms with Gasteiger partial charge in [0.2, 0.25) is 0 Å². The van der Waals surface area contributed by atoms with E-state index in [9.17, 15) is 23.1 Å². The first-order valence-electron chi connectivity index (χ1n) is 12.1. The number of para-hydroxylation sites is 1. The van der Waals surface area contributed by atoms with Gasteiger partial charge in [-0.2, -0.15) is 10.2 Å². The molecule has 5 aromatic rings. The van der Waals surface area contributed by atoms with Crippen molar-refractivity contribution in [3.63, 3.8) is 0 Å². The third-order valence-corrected chi connectivity index (χ3v) is 9.08. The minimum absolute atomic E-state index is 0.00337. The van der Waals surface area contributed by atoms with E-state index >= 15 is 0 Å². The van der Waals surface area contributed by atoms with Gasteiger partial charge < -0.3 is 10.4 Å². The van der Waals surface area contributed by atoms with Crippen molar-refractivity contribution in [1.29, 1.82) is 0 Å². The highest BCUT2D eigenvalue weighted by Gasteiger charge is 2.40. The number of carboxylic acid groups (broad SMARTS) is 1. The van der Waals surface area contributed by atoms with Crippen LogP contribution in [-0.2, 0) is 14.8 Å². The number of likely N-dealkylation sites (N-methyl/N-ethyl adjacent to an activating group) is 1. The number of nitrogens with zero attached hydrogens (tertiary/aromatic N) is 6. The van der Waals surface area contributed by atoms with Crippen LogP contribution in [0.25, 0.3) is 16.9 Å². The monoisotopic (exact) mass is 633 g/mol. The summed E-state index contributed by atoms with van der Waals surface area (Å²) >= 11 is 3.34. The third-order valence-electron chi connectivity index (χ3n) is 6.58. The molecule has 0 radical (unpaired) electrons. The smallest absolute Gasteiger partial charge is 0.335 e. The normalized spacial score (nSPS) is 14.8. The van der Waals surface area contributed by atoms with Gasteiger partial charge in [-0.15, -0.1) is 0 Å². The van der Waals surface area contributed by atoms with E-state index in [1.807, 2.05) is 30.3 Å². The topological polar surface area (TPSA) is 151 Å². The molecule has 3 aromatic carbocycles. The number of amidine groups is 1. The summed E-state index contributed by atoms with van der Waals surface area (Å²) in [6.45, 7) is 0. The fraction of sp³-hybridized carbons (Fsp3) is 0.0741. The second kappa shape index (κ2) is 9.98. The molecule has 1 unspecified atom stereocenters. The molecule has 206 valence electrons. The number of carbonyl (C=O) groups excluding carboxylic acids is 1. The second-order valence-corrected chi connectivity index (χ2v) is 11.9. The first-order chi connectivity index (χ1) is 19.6. The van der Waals surface area contributed by atoms with Crippen molar-refractivity contribution in [1.82, 2.24) is 23.7 Å². The minimum atomic E-state index is -4.06. The van der Waals surface area contributed by atoms with E-state index in [1.165, 1.54) is 46.8 Å². The number of carbonyl (C=O) groups is 2. The lowest BCUT2D eigenvalue weighted by atomic mass is 10.1. The summed E-state index contributed by atoms with van der Waals surface area (Å²) in [7, 11) is -2.74. The predicted octanol–water partition coefficient (Wildman–Crippen LogP) is 4.20. The number of rotatable bonds is 6. The highest BCUT2D eigenvalue weighted by Crippen LogP contribution is 2.35. The van der Waals surface area contributed by atoms with Crippen LogP contribution in [0.15, 0.2) is 99.6 Å². The predicted molar refractivity (Wildman–Crippen MR) is 154 cm³/mol. The number of aromatic carboxylic acids is 1. The van der Waals surface area contributed by atoms with Crippen molar-refractivity contribution in [2.24, 2.45) is 4.99 Å². The molecule has 0 aliphatic carbocycles. The number of fused-ring (bicyclic) bond motifs is 2. The Morgan fingerprint density at radius 1 is 1.00 bits per heavy atom. The maximum Gasteiger partial charge on any atom is 0.335 e. The second-order valence-electron chi connectivity index (χ2n) is 9.08. The summed E-state index contributed by atoms with van der Waals surface area (Å²) in [5.74, 6) is -1.99. The number of sulfonamides is 1. The van der Waals surface area contributed by atoms with Crippen LogP contribution < -0.4 is 5.32 Å². The molecule has 0 spiro atoms. The van der Waals surface area contributed by atoms with Crippen molar-refractivity contribution >= 4 is 60.7 Å². The number of hydrogen-bond acceptors (Lipinski definition) is 7. The van der Waals surface area contributed by atoms with Crippen LogP contribution in [0.1, 0.15) is 16.4 Å². The number of hydrogen-bond donors (Lipinski definition) is 2. The summed E-state index contributed by atoms with van der Waals surface area (Å²) in [6.07, 6.45) is 1.41. The van der Waals surface area contributed by atoms with E-state index in [-0.39, 0.29) is 27.7 Å². The Morgan fingerprint density at radius 3 is 2.49 bits per heavy atom. The van der Waals surface area contributed by atoms with Crippen LogP contribution in [0.2, 0.25) is 0 Å². The molecular formula is C27H20BrN7O5S. The average Bonchev–Trinajstić information content (AvgIpc) is 3.55. The van der Waals surface area contributed by atoms with Crippen LogP contribution in [0.5, 0.6) is 0 Å². The lowest BCUT2D eigenvalue weighted by Gasteiger charge is -2.30. The average molecular weight is 634 g/mol. The van der Waals surface area contributed by atoms with Crippen molar-refractivity contribution < 1.29 is 23.1 Å². The lowest BCUT2D eigenvalue weighted by Crippen LogP contribution is -2.45. The molecule has 6 rings (SSSR count). The van der Waals surface area contributed by atoms with E-state index in [2.05, 4.69) is 36.4 Å². The molecule has 14 heteroatoms. The van der Waals surface area contributed by atoms with E-state index in [1.54, 1.807) is 24.3 Å². The zero-order valence-corrected chi connectivity index (χ0v) is 23.6. The molecule has 12 nitrogen and oxygen atoms in total. The van der Waals surface area contributed by atoms with E-state index in [0.29, 0.717) is 15.8 Å². The van der Waals surface area contributed by atoms with Crippen LogP contribution in [0.4, 0.5) is 11.4 Å². The molecule has 3 heterocycles. The Balaban J connectivity index is 1.52. The Hall–Kier alpha value is -4.82. The van der Waals surface area contributed by atoms with Crippen molar-refractivity contribution in [3.8, 4) is 11.3 Å². The van der Waals surface area contributed by atoms with E-state index in [4.69, 9.17) is 0 Å². The molecule has 0 saturated carbocycles. The molecule has 1 aliphatic rings. The molecule has 0 saturated heterocycles. The number of aromatic nitrogens is 4. The van der Waals surface area contributed by atoms with Crippen molar-refractivity contribution in [2.75, 3.05) is 12.4 Å². The summed E-state index contributed by atoms with van der Waals surface area (Å²) < 4.78 is 31.2. The van der Waals surface area contributed by atoms with Crippen LogP contribution in [0, 0.1) is 0 Å². The number of amides is 1. The maximum absolute atomic E-state index is 14.1. The minimum Gasteiger partial charge on any atom is -0.478 e. The van der Waals surface area contributed by atoms with E-state index in [0.717, 1.165) is 9.87 Å². The molecule has 41 heavy (non-hydrogen) atoms. The summed E-state index contributed by atoms with van der Waals surface area (Å²) in [4.78, 5) is 30.2.